The summed E-state index contributed by atoms with van der Waals surface area (Å²) >= 11 is 0. The molecule has 0 aromatic heterocycles. The Morgan fingerprint density at radius 3 is 2.10 bits per heavy atom. The number of aliphatic hydroxyl groups is 1. The fourth-order valence-corrected chi connectivity index (χ4v) is 3.27. The average Bonchev–Trinajstić information content (AvgIpc) is 2.37. The summed E-state index contributed by atoms with van der Waals surface area (Å²) in [5, 5.41) is 9.94. The van der Waals surface area contributed by atoms with Crippen LogP contribution in [-0.2, 0) is 19.7 Å². The summed E-state index contributed by atoms with van der Waals surface area (Å²) in [6, 6.07) is 5.98. The van der Waals surface area contributed by atoms with E-state index in [2.05, 4.69) is 0 Å². The molecule has 0 heterocycles. The van der Waals surface area contributed by atoms with Gasteiger partial charge in [0.25, 0.3) is 0 Å². The highest BCUT2D eigenvalue weighted by Crippen LogP contribution is 2.20. The molecule has 1 atom stereocenters. The van der Waals surface area contributed by atoms with Crippen molar-refractivity contribution in [3.8, 4) is 0 Å². The van der Waals surface area contributed by atoms with Crippen molar-refractivity contribution < 1.29 is 21.9 Å². The fourth-order valence-electron chi connectivity index (χ4n) is 1.74. The van der Waals surface area contributed by atoms with Crippen molar-refractivity contribution in [3.63, 3.8) is 0 Å². The van der Waals surface area contributed by atoms with Gasteiger partial charge in [-0.25, -0.2) is 16.8 Å². The van der Waals surface area contributed by atoms with Crippen molar-refractivity contribution in [1.29, 1.82) is 0 Å². The maximum atomic E-state index is 11.3. The van der Waals surface area contributed by atoms with Crippen LogP contribution in [0.25, 0.3) is 0 Å². The molecule has 0 fully saturated rings. The van der Waals surface area contributed by atoms with Crippen molar-refractivity contribution in [2.24, 2.45) is 0 Å². The van der Waals surface area contributed by atoms with Crippen molar-refractivity contribution in [2.75, 3.05) is 17.8 Å². The van der Waals surface area contributed by atoms with Gasteiger partial charge >= 0.3 is 0 Å². The van der Waals surface area contributed by atoms with Crippen LogP contribution >= 0.6 is 0 Å². The molecule has 0 bridgehead atoms. The summed E-state index contributed by atoms with van der Waals surface area (Å²) in [4.78, 5) is 0.196. The molecule has 114 valence electrons. The van der Waals surface area contributed by atoms with Gasteiger partial charge in [-0.3, -0.25) is 0 Å². The Morgan fingerprint density at radius 1 is 1.10 bits per heavy atom. The minimum atomic E-state index is -3.25. The van der Waals surface area contributed by atoms with Crippen LogP contribution < -0.4 is 0 Å². The molecule has 5 nitrogen and oxygen atoms in total. The van der Waals surface area contributed by atoms with Gasteiger partial charge in [0.15, 0.2) is 9.84 Å². The first kappa shape index (κ1) is 17.1. The Bertz CT molecular complexity index is 630. The van der Waals surface area contributed by atoms with E-state index in [9.17, 15) is 21.9 Å². The van der Waals surface area contributed by atoms with Gasteiger partial charge in [0.1, 0.15) is 9.84 Å². The first-order valence-electron chi connectivity index (χ1n) is 6.34. The summed E-state index contributed by atoms with van der Waals surface area (Å²) in [6.45, 7) is 1.59. The van der Waals surface area contributed by atoms with E-state index < -0.39 is 25.8 Å². The number of rotatable bonds is 7. The van der Waals surface area contributed by atoms with Crippen LogP contribution in [0.2, 0.25) is 0 Å². The van der Waals surface area contributed by atoms with Gasteiger partial charge in [-0.05, 0) is 30.5 Å². The lowest BCUT2D eigenvalue weighted by Crippen LogP contribution is -2.10. The molecule has 0 radical (unpaired) electrons. The maximum absolute atomic E-state index is 11.3. The van der Waals surface area contributed by atoms with E-state index in [1.165, 1.54) is 12.1 Å². The monoisotopic (exact) mass is 320 g/mol. The third-order valence-corrected chi connectivity index (χ3v) is 5.98. The summed E-state index contributed by atoms with van der Waals surface area (Å²) in [5.74, 6) is 0.161. The lowest BCUT2D eigenvalue weighted by atomic mass is 10.1. The molecular formula is C13H20O5S2. The van der Waals surface area contributed by atoms with E-state index in [1.54, 1.807) is 19.1 Å². The van der Waals surface area contributed by atoms with E-state index >= 15 is 0 Å². The van der Waals surface area contributed by atoms with Crippen molar-refractivity contribution in [2.45, 2.75) is 30.8 Å². The Balaban J connectivity index is 2.63. The summed E-state index contributed by atoms with van der Waals surface area (Å²) in [7, 11) is -6.26. The fraction of sp³-hybridized carbons (Fsp3) is 0.538. The molecule has 0 saturated heterocycles. The topological polar surface area (TPSA) is 88.5 Å². The van der Waals surface area contributed by atoms with Gasteiger partial charge in [-0.1, -0.05) is 19.1 Å². The van der Waals surface area contributed by atoms with Gasteiger partial charge in [0.2, 0.25) is 0 Å². The zero-order valence-corrected chi connectivity index (χ0v) is 13.2. The van der Waals surface area contributed by atoms with Crippen LogP contribution in [0.15, 0.2) is 29.2 Å². The van der Waals surface area contributed by atoms with E-state index in [-0.39, 0.29) is 16.4 Å². The standard InChI is InChI=1S/C13H20O5S2/c1-3-20(17,18)10-4-5-13(14)11-6-8-12(9-7-11)19(2,15)16/h6-9,13-14H,3-5,10H2,1-2H3. The van der Waals surface area contributed by atoms with Crippen LogP contribution in [0.4, 0.5) is 0 Å². The van der Waals surface area contributed by atoms with Crippen LogP contribution in [0.3, 0.4) is 0 Å². The van der Waals surface area contributed by atoms with Crippen molar-refractivity contribution >= 4 is 19.7 Å². The molecule has 0 aliphatic rings. The minimum Gasteiger partial charge on any atom is -0.388 e. The second-order valence-corrected chi connectivity index (χ2v) is 9.22. The molecule has 0 aliphatic heterocycles. The Labute approximate surface area is 120 Å². The van der Waals surface area contributed by atoms with Gasteiger partial charge in [-0.15, -0.1) is 0 Å². The number of benzene rings is 1. The van der Waals surface area contributed by atoms with Gasteiger partial charge in [0.05, 0.1) is 16.8 Å². The first-order valence-corrected chi connectivity index (χ1v) is 10.1. The largest absolute Gasteiger partial charge is 0.388 e. The lowest BCUT2D eigenvalue weighted by molar-refractivity contribution is 0.166. The van der Waals surface area contributed by atoms with Gasteiger partial charge < -0.3 is 5.11 Å². The second-order valence-electron chi connectivity index (χ2n) is 4.74. The number of aliphatic hydroxyl groups excluding tert-OH is 1. The molecule has 1 aromatic carbocycles. The highest BCUT2D eigenvalue weighted by Gasteiger charge is 2.13. The molecule has 1 unspecified atom stereocenters. The summed E-state index contributed by atoms with van der Waals surface area (Å²) in [6.07, 6.45) is 1.05. The smallest absolute Gasteiger partial charge is 0.175 e. The zero-order chi connectivity index (χ0) is 15.4. The molecule has 1 N–H and O–H groups in total. The van der Waals surface area contributed by atoms with Crippen LogP contribution in [0.1, 0.15) is 31.4 Å². The zero-order valence-electron chi connectivity index (χ0n) is 11.6. The third kappa shape index (κ3) is 5.22. The molecule has 0 spiro atoms. The SMILES string of the molecule is CCS(=O)(=O)CCCC(O)c1ccc(S(C)(=O)=O)cc1. The van der Waals surface area contributed by atoms with Crippen LogP contribution in [0, 0.1) is 0 Å². The van der Waals surface area contributed by atoms with Crippen molar-refractivity contribution in [3.05, 3.63) is 29.8 Å². The Hall–Kier alpha value is -0.920. The predicted molar refractivity (Wildman–Crippen MR) is 78.1 cm³/mol. The number of hydrogen-bond donors (Lipinski definition) is 1. The highest BCUT2D eigenvalue weighted by atomic mass is 32.2. The number of hydrogen-bond acceptors (Lipinski definition) is 5. The first-order chi connectivity index (χ1) is 9.15. The lowest BCUT2D eigenvalue weighted by Gasteiger charge is -2.11. The van der Waals surface area contributed by atoms with Crippen LogP contribution in [0.5, 0.6) is 0 Å². The van der Waals surface area contributed by atoms with Crippen molar-refractivity contribution in [1.82, 2.24) is 0 Å². The average molecular weight is 320 g/mol. The number of sulfone groups is 2. The highest BCUT2D eigenvalue weighted by molar-refractivity contribution is 7.91. The molecule has 7 heteroatoms. The molecule has 0 saturated carbocycles. The quantitative estimate of drug-likeness (QED) is 0.819. The van der Waals surface area contributed by atoms with Gasteiger partial charge in [-0.2, -0.15) is 0 Å². The summed E-state index contributed by atoms with van der Waals surface area (Å²) < 4.78 is 45.2. The molecule has 1 rings (SSSR count). The summed E-state index contributed by atoms with van der Waals surface area (Å²) in [5.41, 5.74) is 0.589. The predicted octanol–water partition coefficient (Wildman–Crippen LogP) is 1.34. The molecule has 0 aliphatic carbocycles. The van der Waals surface area contributed by atoms with E-state index in [0.717, 1.165) is 6.26 Å². The van der Waals surface area contributed by atoms with E-state index in [1.807, 2.05) is 0 Å². The normalized spacial score (nSPS) is 14.2. The van der Waals surface area contributed by atoms with E-state index in [0.29, 0.717) is 18.4 Å². The maximum Gasteiger partial charge on any atom is 0.175 e. The van der Waals surface area contributed by atoms with Crippen LogP contribution in [-0.4, -0.2) is 39.7 Å². The molecule has 1 aromatic rings. The minimum absolute atomic E-state index is 0.0575. The second kappa shape index (κ2) is 6.69. The molecule has 0 amide bonds. The molecule has 20 heavy (non-hydrogen) atoms. The molecular weight excluding hydrogens is 300 g/mol. The Kier molecular flexibility index (Phi) is 5.73. The Morgan fingerprint density at radius 2 is 1.65 bits per heavy atom. The van der Waals surface area contributed by atoms with E-state index in [4.69, 9.17) is 0 Å². The third-order valence-electron chi connectivity index (χ3n) is 3.07. The van der Waals surface area contributed by atoms with Gasteiger partial charge in [0, 0.05) is 12.0 Å².